The van der Waals surface area contributed by atoms with Crippen LogP contribution in [0, 0.1) is 0 Å². The number of nitrogens with zero attached hydrogens (tertiary/aromatic N) is 2. The smallest absolute Gasteiger partial charge is 0.351 e. The van der Waals surface area contributed by atoms with E-state index in [1.54, 1.807) is 0 Å². The Hall–Kier alpha value is -0.990. The molecule has 0 saturated carbocycles. The number of aliphatic hydroxyl groups excluding tert-OH is 1. The molecule has 140 valence electrons. The molecule has 0 bridgehead atoms. The van der Waals surface area contributed by atoms with Gasteiger partial charge in [-0.2, -0.15) is 13.8 Å². The van der Waals surface area contributed by atoms with E-state index in [4.69, 9.17) is 10.5 Å². The first kappa shape index (κ1) is 23.0. The Balaban J connectivity index is 0.00000264. The monoisotopic (exact) mass is 439 g/mol. The number of halogens is 3. The predicted octanol–water partition coefficient (Wildman–Crippen LogP) is -0.852. The number of alkyl halides is 2. The summed E-state index contributed by atoms with van der Waals surface area (Å²) in [6.45, 7) is 0. The zero-order chi connectivity index (χ0) is 16.9. The lowest BCUT2D eigenvalue weighted by Gasteiger charge is -2.32. The first-order chi connectivity index (χ1) is 9.93. The maximum Gasteiger partial charge on any atom is 0.351 e. The van der Waals surface area contributed by atoms with Gasteiger partial charge < -0.3 is 42.2 Å². The Kier molecular flexibility index (Phi) is 7.18. The Labute approximate surface area is 142 Å². The van der Waals surface area contributed by atoms with E-state index in [1.165, 1.54) is 0 Å². The molecule has 0 amide bonds. The fourth-order valence-electron chi connectivity index (χ4n) is 1.96. The Morgan fingerprint density at radius 3 is 2.54 bits per heavy atom. The molecule has 0 radical (unpaired) electrons. The van der Waals surface area contributed by atoms with Gasteiger partial charge in [0, 0.05) is 12.4 Å². The van der Waals surface area contributed by atoms with Crippen molar-refractivity contribution in [2.24, 2.45) is 0 Å². The summed E-state index contributed by atoms with van der Waals surface area (Å²) in [7, 11) is -5.21. The second kappa shape index (κ2) is 7.49. The van der Waals surface area contributed by atoms with Crippen LogP contribution in [0.1, 0.15) is 6.23 Å². The van der Waals surface area contributed by atoms with Gasteiger partial charge in [0.15, 0.2) is 0 Å². The lowest BCUT2D eigenvalue weighted by Crippen LogP contribution is -2.42. The minimum absolute atomic E-state index is 0. The van der Waals surface area contributed by atoms with Crippen LogP contribution in [0.4, 0.5) is 14.6 Å². The SMILES string of the molecule is Nc1nc(=O)n([C@@H]2O[C@H](CP(=O)([O-])[O-])[C@@H](O)C2(F)F)cc1Br.[NH4+].[NH4+]. The molecule has 3 atom stereocenters. The van der Waals surface area contributed by atoms with Gasteiger partial charge in [-0.05, 0) is 15.9 Å². The summed E-state index contributed by atoms with van der Waals surface area (Å²) >= 11 is 2.89. The van der Waals surface area contributed by atoms with Crippen molar-refractivity contribution in [3.05, 3.63) is 21.2 Å². The van der Waals surface area contributed by atoms with Crippen LogP contribution in [-0.4, -0.2) is 38.9 Å². The van der Waals surface area contributed by atoms with Gasteiger partial charge in [0.2, 0.25) is 6.23 Å². The van der Waals surface area contributed by atoms with Gasteiger partial charge in [0.25, 0.3) is 0 Å². The number of aliphatic hydroxyl groups is 1. The molecule has 1 saturated heterocycles. The molecule has 24 heavy (non-hydrogen) atoms. The molecule has 1 aromatic heterocycles. The van der Waals surface area contributed by atoms with E-state index in [-0.39, 0.29) is 22.6 Å². The van der Waals surface area contributed by atoms with E-state index in [0.29, 0.717) is 4.57 Å². The fourth-order valence-corrected chi connectivity index (χ4v) is 3.00. The minimum atomic E-state index is -5.21. The highest BCUT2D eigenvalue weighted by atomic mass is 79.9. The first-order valence-electron chi connectivity index (χ1n) is 5.70. The van der Waals surface area contributed by atoms with Crippen molar-refractivity contribution in [2.75, 3.05) is 11.9 Å². The third kappa shape index (κ3) is 4.34. The molecule has 1 aliphatic rings. The summed E-state index contributed by atoms with van der Waals surface area (Å²) in [5.41, 5.74) is 4.14. The molecule has 1 aromatic rings. The van der Waals surface area contributed by atoms with Gasteiger partial charge in [-0.3, -0.25) is 4.57 Å². The third-order valence-electron chi connectivity index (χ3n) is 2.97. The number of ether oxygens (including phenoxy) is 1. The van der Waals surface area contributed by atoms with E-state index in [9.17, 15) is 33.0 Å². The normalized spacial score (nSPS) is 25.7. The number of hydrogen-bond donors (Lipinski definition) is 4. The molecule has 0 aromatic carbocycles. The van der Waals surface area contributed by atoms with Gasteiger partial charge in [0.05, 0.1) is 10.6 Å². The quantitative estimate of drug-likeness (QED) is 0.432. The number of quaternary nitrogens is 2. The largest absolute Gasteiger partial charge is 0.811 e. The van der Waals surface area contributed by atoms with Crippen molar-refractivity contribution in [2.45, 2.75) is 24.4 Å². The molecule has 15 heteroatoms. The van der Waals surface area contributed by atoms with Crippen LogP contribution in [0.15, 0.2) is 15.5 Å². The highest BCUT2D eigenvalue weighted by Gasteiger charge is 2.59. The highest BCUT2D eigenvalue weighted by Crippen LogP contribution is 2.45. The summed E-state index contributed by atoms with van der Waals surface area (Å²) in [6.07, 6.45) is -7.33. The average Bonchev–Trinajstić information content (AvgIpc) is 2.56. The maximum absolute atomic E-state index is 14.0. The number of anilines is 1. The number of nitrogen functional groups attached to an aromatic ring is 1. The molecule has 2 rings (SSSR count). The van der Waals surface area contributed by atoms with E-state index in [1.807, 2.05) is 0 Å². The van der Waals surface area contributed by atoms with Gasteiger partial charge in [-0.1, -0.05) is 7.60 Å². The van der Waals surface area contributed by atoms with Crippen molar-refractivity contribution in [3.63, 3.8) is 0 Å². The van der Waals surface area contributed by atoms with Gasteiger partial charge in [0.1, 0.15) is 11.9 Å². The molecule has 0 unspecified atom stereocenters. The summed E-state index contributed by atoms with van der Waals surface area (Å²) in [6, 6.07) is 0. The molecule has 2 heterocycles. The molecule has 0 aliphatic carbocycles. The van der Waals surface area contributed by atoms with E-state index >= 15 is 0 Å². The van der Waals surface area contributed by atoms with Crippen LogP contribution in [0.2, 0.25) is 0 Å². The summed E-state index contributed by atoms with van der Waals surface area (Å²) in [5, 5.41) is 9.48. The number of hydrogen-bond acceptors (Lipinski definition) is 8. The Morgan fingerprint density at radius 2 is 2.04 bits per heavy atom. The highest BCUT2D eigenvalue weighted by molar-refractivity contribution is 9.10. The van der Waals surface area contributed by atoms with Crippen molar-refractivity contribution < 1.29 is 33.0 Å². The van der Waals surface area contributed by atoms with E-state index in [2.05, 4.69) is 20.9 Å². The van der Waals surface area contributed by atoms with Gasteiger partial charge in [-0.15, -0.1) is 0 Å². The van der Waals surface area contributed by atoms with Crippen LogP contribution < -0.4 is 33.5 Å². The van der Waals surface area contributed by atoms with Crippen LogP contribution in [0.5, 0.6) is 0 Å². The zero-order valence-electron chi connectivity index (χ0n) is 12.6. The van der Waals surface area contributed by atoms with E-state index < -0.39 is 43.8 Å². The Bertz CT molecular complexity index is 699. The summed E-state index contributed by atoms with van der Waals surface area (Å²) in [5.74, 6) is -4.26. The minimum Gasteiger partial charge on any atom is -0.811 e. The first-order valence-corrected chi connectivity index (χ1v) is 8.22. The third-order valence-corrected chi connectivity index (χ3v) is 4.39. The lowest BCUT2D eigenvalue weighted by atomic mass is 10.1. The van der Waals surface area contributed by atoms with E-state index in [0.717, 1.165) is 6.20 Å². The molecule has 1 aliphatic heterocycles. The van der Waals surface area contributed by atoms with Crippen LogP contribution in [-0.2, 0) is 9.30 Å². The number of aromatic nitrogens is 2. The van der Waals surface area contributed by atoms with Gasteiger partial charge >= 0.3 is 11.6 Å². The van der Waals surface area contributed by atoms with Crippen molar-refractivity contribution in [1.82, 2.24) is 21.9 Å². The van der Waals surface area contributed by atoms with Crippen LogP contribution >= 0.6 is 23.5 Å². The zero-order valence-corrected chi connectivity index (χ0v) is 15.0. The molecule has 11 N–H and O–H groups in total. The average molecular weight is 440 g/mol. The standard InChI is InChI=1S/C9H11BrF2N3O6P.2H3N/c10-3-1-15(8(17)14-6(3)13)7-9(11,12)5(16)4(21-7)2-22(18,19)20;;/h1,4-5,7,16H,2H2,(H2,13,14,17)(H2,18,19,20);2*1H3/t4-,5-,7-;;/m1../s1. The predicted molar refractivity (Wildman–Crippen MR) is 79.9 cm³/mol. The fraction of sp³-hybridized carbons (Fsp3) is 0.556. The van der Waals surface area contributed by atoms with Crippen molar-refractivity contribution in [3.8, 4) is 0 Å². The van der Waals surface area contributed by atoms with Gasteiger partial charge in [-0.25, -0.2) is 4.79 Å². The molecule has 11 nitrogen and oxygen atoms in total. The van der Waals surface area contributed by atoms with Crippen LogP contribution in [0.3, 0.4) is 0 Å². The maximum atomic E-state index is 14.0. The molecular formula is C9H17BrF2N5O6P. The summed E-state index contributed by atoms with van der Waals surface area (Å²) < 4.78 is 43.8. The second-order valence-corrected chi connectivity index (χ2v) is 7.04. The second-order valence-electron chi connectivity index (χ2n) is 4.60. The molecule has 1 fully saturated rings. The molecule has 0 spiro atoms. The van der Waals surface area contributed by atoms with Crippen molar-refractivity contribution in [1.29, 1.82) is 0 Å². The number of nitrogens with two attached hydrogens (primary N) is 1. The molecular weight excluding hydrogens is 423 g/mol. The Morgan fingerprint density at radius 1 is 1.50 bits per heavy atom. The number of rotatable bonds is 3. The summed E-state index contributed by atoms with van der Waals surface area (Å²) in [4.78, 5) is 36.3. The van der Waals surface area contributed by atoms with Crippen LogP contribution in [0.25, 0.3) is 0 Å². The lowest BCUT2D eigenvalue weighted by molar-refractivity contribution is -0.315. The van der Waals surface area contributed by atoms with Crippen molar-refractivity contribution >= 4 is 29.3 Å². The topological polar surface area (TPSA) is 227 Å².